The lowest BCUT2D eigenvalue weighted by Crippen LogP contribution is -2.28. The van der Waals surface area contributed by atoms with Crippen molar-refractivity contribution in [3.63, 3.8) is 0 Å². The molecule has 1 aromatic heterocycles. The lowest BCUT2D eigenvalue weighted by molar-refractivity contribution is -0.0501. The van der Waals surface area contributed by atoms with Gasteiger partial charge in [-0.05, 0) is 12.1 Å². The van der Waals surface area contributed by atoms with Crippen LogP contribution in [0.2, 0.25) is 0 Å². The molecule has 0 amide bonds. The highest BCUT2D eigenvalue weighted by atomic mass is 32.2. The van der Waals surface area contributed by atoms with Gasteiger partial charge in [0.2, 0.25) is 5.82 Å². The lowest BCUT2D eigenvalue weighted by Gasteiger charge is -2.11. The van der Waals surface area contributed by atoms with E-state index in [0.29, 0.717) is 6.07 Å². The standard InChI is InChI=1S/C14H12F6N2O4S/c1-25-5-4-22-7-9(10(6-15)21-22)8-2-3-11(13(17)12(8)16)26-27(23,24)14(18,19)20/h2-3,7H,4-6H2,1H3. The van der Waals surface area contributed by atoms with Crippen molar-refractivity contribution in [3.8, 4) is 16.9 Å². The predicted octanol–water partition coefficient (Wildman–Crippen LogP) is 3.17. The third-order valence-corrected chi connectivity index (χ3v) is 4.28. The molecule has 0 bridgehead atoms. The van der Waals surface area contributed by atoms with E-state index in [-0.39, 0.29) is 24.4 Å². The fraction of sp³-hybridized carbons (Fsp3) is 0.357. The van der Waals surface area contributed by atoms with Gasteiger partial charge in [0.15, 0.2) is 11.6 Å². The largest absolute Gasteiger partial charge is 0.534 e. The average molecular weight is 418 g/mol. The summed E-state index contributed by atoms with van der Waals surface area (Å²) in [5.41, 5.74) is -6.75. The Hall–Kier alpha value is -2.28. The van der Waals surface area contributed by atoms with Crippen molar-refractivity contribution in [3.05, 3.63) is 35.7 Å². The Morgan fingerprint density at radius 1 is 1.15 bits per heavy atom. The lowest BCUT2D eigenvalue weighted by atomic mass is 10.1. The van der Waals surface area contributed by atoms with Crippen molar-refractivity contribution in [1.29, 1.82) is 0 Å². The molecule has 6 nitrogen and oxygen atoms in total. The Morgan fingerprint density at radius 2 is 1.81 bits per heavy atom. The highest BCUT2D eigenvalue weighted by Crippen LogP contribution is 2.34. The molecule has 2 rings (SSSR count). The van der Waals surface area contributed by atoms with Gasteiger partial charge in [-0.3, -0.25) is 4.68 Å². The second-order valence-corrected chi connectivity index (χ2v) is 6.64. The fourth-order valence-electron chi connectivity index (χ4n) is 2.05. The molecular weight excluding hydrogens is 406 g/mol. The molecule has 0 aliphatic heterocycles. The molecule has 0 aliphatic rings. The van der Waals surface area contributed by atoms with Gasteiger partial charge in [-0.2, -0.15) is 31.1 Å². The van der Waals surface area contributed by atoms with Crippen molar-refractivity contribution in [2.75, 3.05) is 13.7 Å². The van der Waals surface area contributed by atoms with Gasteiger partial charge in [-0.1, -0.05) is 0 Å². The number of alkyl halides is 4. The number of ether oxygens (including phenoxy) is 1. The Morgan fingerprint density at radius 3 is 2.37 bits per heavy atom. The van der Waals surface area contributed by atoms with E-state index in [1.54, 1.807) is 0 Å². The molecule has 0 spiro atoms. The highest BCUT2D eigenvalue weighted by Gasteiger charge is 2.49. The first-order valence-electron chi connectivity index (χ1n) is 7.12. The molecule has 0 atom stereocenters. The number of methoxy groups -OCH3 is 1. The minimum Gasteiger partial charge on any atom is -0.383 e. The number of hydrogen-bond donors (Lipinski definition) is 0. The summed E-state index contributed by atoms with van der Waals surface area (Å²) in [5.74, 6) is -5.18. The third-order valence-electron chi connectivity index (χ3n) is 3.31. The van der Waals surface area contributed by atoms with Gasteiger partial charge >= 0.3 is 15.6 Å². The first-order chi connectivity index (χ1) is 12.5. The van der Waals surface area contributed by atoms with Gasteiger partial charge in [-0.25, -0.2) is 8.78 Å². The van der Waals surface area contributed by atoms with Gasteiger partial charge in [0, 0.05) is 24.4 Å². The zero-order chi connectivity index (χ0) is 20.4. The molecule has 0 aliphatic carbocycles. The van der Waals surface area contributed by atoms with Crippen LogP contribution in [0, 0.1) is 11.6 Å². The molecule has 1 heterocycles. The minimum atomic E-state index is -6.18. The van der Waals surface area contributed by atoms with E-state index in [4.69, 9.17) is 4.74 Å². The van der Waals surface area contributed by atoms with Crippen LogP contribution in [0.15, 0.2) is 18.3 Å². The van der Waals surface area contributed by atoms with Gasteiger partial charge < -0.3 is 8.92 Å². The zero-order valence-electron chi connectivity index (χ0n) is 13.6. The first kappa shape index (κ1) is 21.0. The van der Waals surface area contributed by atoms with Crippen LogP contribution in [0.4, 0.5) is 26.3 Å². The molecule has 0 radical (unpaired) electrons. The molecule has 0 saturated heterocycles. The fourth-order valence-corrected chi connectivity index (χ4v) is 2.51. The monoisotopic (exact) mass is 418 g/mol. The summed E-state index contributed by atoms with van der Waals surface area (Å²) in [6.45, 7) is -0.749. The SMILES string of the molecule is COCCn1cc(-c2ccc(OS(=O)(=O)C(F)(F)F)c(F)c2F)c(CF)n1. The van der Waals surface area contributed by atoms with Crippen molar-refractivity contribution in [2.45, 2.75) is 18.7 Å². The van der Waals surface area contributed by atoms with E-state index in [2.05, 4.69) is 9.28 Å². The molecule has 2 aromatic rings. The van der Waals surface area contributed by atoms with Crippen molar-refractivity contribution in [2.24, 2.45) is 0 Å². The molecule has 27 heavy (non-hydrogen) atoms. The van der Waals surface area contributed by atoms with Crippen molar-refractivity contribution >= 4 is 10.1 Å². The molecular formula is C14H12F6N2O4S. The average Bonchev–Trinajstić information content (AvgIpc) is 2.99. The number of hydrogen-bond acceptors (Lipinski definition) is 5. The zero-order valence-corrected chi connectivity index (χ0v) is 14.4. The summed E-state index contributed by atoms with van der Waals surface area (Å²) in [6, 6.07) is 1.25. The predicted molar refractivity (Wildman–Crippen MR) is 79.9 cm³/mol. The number of benzene rings is 1. The van der Waals surface area contributed by atoms with Crippen LogP contribution in [0.3, 0.4) is 0 Å². The van der Waals surface area contributed by atoms with Crippen LogP contribution in [0.25, 0.3) is 11.1 Å². The Kier molecular flexibility index (Phi) is 6.04. The van der Waals surface area contributed by atoms with Gasteiger partial charge in [0.1, 0.15) is 12.4 Å². The normalized spacial score (nSPS) is 12.4. The van der Waals surface area contributed by atoms with Crippen LogP contribution >= 0.6 is 0 Å². The molecule has 0 fully saturated rings. The summed E-state index contributed by atoms with van der Waals surface area (Å²) in [6.07, 6.45) is 1.19. The molecule has 0 N–H and O–H groups in total. The summed E-state index contributed by atoms with van der Waals surface area (Å²) >= 11 is 0. The summed E-state index contributed by atoms with van der Waals surface area (Å²) in [4.78, 5) is 0. The van der Waals surface area contributed by atoms with Gasteiger partial charge in [0.25, 0.3) is 0 Å². The molecule has 0 unspecified atom stereocenters. The Bertz CT molecular complexity index is 926. The number of nitrogens with zero attached hydrogens (tertiary/aromatic N) is 2. The van der Waals surface area contributed by atoms with Crippen LogP contribution in [-0.4, -0.2) is 37.4 Å². The summed E-state index contributed by atoms with van der Waals surface area (Å²) < 4.78 is 110. The number of aromatic nitrogens is 2. The quantitative estimate of drug-likeness (QED) is 0.393. The van der Waals surface area contributed by atoms with E-state index in [1.807, 2.05) is 0 Å². The van der Waals surface area contributed by atoms with E-state index >= 15 is 0 Å². The van der Waals surface area contributed by atoms with Crippen molar-refractivity contribution < 1.29 is 43.7 Å². The van der Waals surface area contributed by atoms with Crippen LogP contribution in [-0.2, 0) is 28.1 Å². The minimum absolute atomic E-state index is 0.157. The Balaban J connectivity index is 2.45. The second kappa shape index (κ2) is 7.76. The van der Waals surface area contributed by atoms with Crippen LogP contribution in [0.1, 0.15) is 5.69 Å². The van der Waals surface area contributed by atoms with Crippen LogP contribution in [0.5, 0.6) is 5.75 Å². The smallest absolute Gasteiger partial charge is 0.383 e. The Labute approximate surface area is 149 Å². The van der Waals surface area contributed by atoms with Gasteiger partial charge in [-0.15, -0.1) is 0 Å². The maximum Gasteiger partial charge on any atom is 0.534 e. The summed E-state index contributed by atoms with van der Waals surface area (Å²) in [5, 5.41) is 3.82. The van der Waals surface area contributed by atoms with E-state index in [1.165, 1.54) is 18.0 Å². The van der Waals surface area contributed by atoms with Crippen molar-refractivity contribution in [1.82, 2.24) is 9.78 Å². The molecule has 0 saturated carbocycles. The third kappa shape index (κ3) is 4.35. The second-order valence-electron chi connectivity index (χ2n) is 5.10. The topological polar surface area (TPSA) is 70.4 Å². The number of rotatable bonds is 7. The van der Waals surface area contributed by atoms with Gasteiger partial charge in [0.05, 0.1) is 13.2 Å². The maximum atomic E-state index is 14.3. The van der Waals surface area contributed by atoms with Crippen LogP contribution < -0.4 is 4.18 Å². The molecule has 150 valence electrons. The summed E-state index contributed by atoms with van der Waals surface area (Å²) in [7, 11) is -4.78. The highest BCUT2D eigenvalue weighted by molar-refractivity contribution is 7.88. The molecule has 1 aromatic carbocycles. The number of halogens is 6. The van der Waals surface area contributed by atoms with E-state index < -0.39 is 45.2 Å². The maximum absolute atomic E-state index is 14.3. The molecule has 13 heteroatoms. The first-order valence-corrected chi connectivity index (χ1v) is 8.53. The van der Waals surface area contributed by atoms with E-state index in [0.717, 1.165) is 6.07 Å². The van der Waals surface area contributed by atoms with E-state index in [9.17, 15) is 34.8 Å².